The Morgan fingerprint density at radius 1 is 1.05 bits per heavy atom. The predicted octanol–water partition coefficient (Wildman–Crippen LogP) is 4.92. The number of nitrogens with zero attached hydrogens (tertiary/aromatic N) is 1. The van der Waals surface area contributed by atoms with E-state index in [2.05, 4.69) is 4.90 Å². The van der Waals surface area contributed by atoms with E-state index < -0.39 is 0 Å². The molecule has 7 fully saturated rings. The van der Waals surface area contributed by atoms with Crippen LogP contribution in [0.15, 0.2) is 0 Å². The highest BCUT2D eigenvalue weighted by atomic mass is 16.6. The van der Waals surface area contributed by atoms with Crippen LogP contribution in [-0.4, -0.2) is 80.2 Å². The zero-order chi connectivity index (χ0) is 25.0. The Balaban J connectivity index is 1.20. The summed E-state index contributed by atoms with van der Waals surface area (Å²) in [4.78, 5) is 16.3. The molecule has 3 heterocycles. The highest BCUT2D eigenvalue weighted by molar-refractivity contribution is 5.86. The van der Waals surface area contributed by atoms with Gasteiger partial charge in [-0.15, -0.1) is 0 Å². The number of rotatable bonds is 8. The second-order valence-electron chi connectivity index (χ2n) is 13.6. The number of methoxy groups -OCH3 is 1. The first-order chi connectivity index (χ1) is 18.2. The lowest BCUT2D eigenvalue weighted by atomic mass is 9.42. The molecular weight excluding hydrogens is 466 g/mol. The van der Waals surface area contributed by atoms with Crippen LogP contribution in [-0.2, 0) is 23.7 Å². The number of ketones is 1. The molecule has 6 unspecified atom stereocenters. The quantitative estimate of drug-likeness (QED) is 0.428. The maximum absolute atomic E-state index is 13.6. The molecule has 0 amide bonds. The minimum atomic E-state index is -0.305. The average Bonchev–Trinajstić information content (AvgIpc) is 3.56. The molecule has 7 aliphatic rings. The minimum absolute atomic E-state index is 0.0479. The highest BCUT2D eigenvalue weighted by Gasteiger charge is 2.78. The third kappa shape index (κ3) is 3.94. The third-order valence-electron chi connectivity index (χ3n) is 12.2. The molecule has 208 valence electrons. The van der Waals surface area contributed by atoms with Crippen molar-refractivity contribution in [2.75, 3.05) is 33.4 Å². The van der Waals surface area contributed by atoms with Crippen LogP contribution < -0.4 is 0 Å². The number of hydrogen-bond donors (Lipinski definition) is 0. The van der Waals surface area contributed by atoms with E-state index in [9.17, 15) is 4.79 Å². The van der Waals surface area contributed by atoms with Gasteiger partial charge >= 0.3 is 0 Å². The Morgan fingerprint density at radius 3 is 2.76 bits per heavy atom. The third-order valence-corrected chi connectivity index (χ3v) is 12.2. The first kappa shape index (κ1) is 25.4. The number of ether oxygens (including phenoxy) is 4. The van der Waals surface area contributed by atoms with E-state index in [0.29, 0.717) is 36.2 Å². The first-order valence-electron chi connectivity index (χ1n) is 15.9. The van der Waals surface area contributed by atoms with Gasteiger partial charge in [-0.05, 0) is 76.2 Å². The van der Waals surface area contributed by atoms with Crippen molar-refractivity contribution in [1.29, 1.82) is 0 Å². The van der Waals surface area contributed by atoms with E-state index in [1.165, 1.54) is 64.2 Å². The van der Waals surface area contributed by atoms with E-state index in [1.54, 1.807) is 0 Å². The summed E-state index contributed by atoms with van der Waals surface area (Å²) in [6.45, 7) is 3.80. The van der Waals surface area contributed by atoms with Gasteiger partial charge in [0.2, 0.25) is 0 Å². The first-order valence-corrected chi connectivity index (χ1v) is 15.9. The Bertz CT molecular complexity index is 839. The Kier molecular flexibility index (Phi) is 6.97. The molecule has 0 aromatic rings. The number of piperidine rings is 1. The molecule has 0 radical (unpaired) electrons. The summed E-state index contributed by atoms with van der Waals surface area (Å²) in [7, 11) is 1.83. The number of hydrogen-bond acceptors (Lipinski definition) is 6. The number of Topliss-reactive ketones (excluding diaryl/α,β-unsaturated/α-hetero) is 1. The molecule has 6 heteroatoms. The van der Waals surface area contributed by atoms with Crippen LogP contribution in [0.3, 0.4) is 0 Å². The van der Waals surface area contributed by atoms with E-state index in [0.717, 1.165) is 57.9 Å². The summed E-state index contributed by atoms with van der Waals surface area (Å²) in [6, 6.07) is 0.374. The molecule has 1 spiro atoms. The smallest absolute Gasteiger partial charge is 0.162 e. The molecule has 3 aliphatic heterocycles. The lowest BCUT2D eigenvalue weighted by Gasteiger charge is -2.69. The summed E-state index contributed by atoms with van der Waals surface area (Å²) in [5.74, 6) is 2.21. The van der Waals surface area contributed by atoms with Crippen LogP contribution in [0.4, 0.5) is 0 Å². The van der Waals surface area contributed by atoms with Gasteiger partial charge in [0.05, 0.1) is 23.9 Å². The van der Waals surface area contributed by atoms with Crippen LogP contribution >= 0.6 is 0 Å². The molecule has 0 N–H and O–H groups in total. The molecule has 0 aromatic carbocycles. The molecule has 37 heavy (non-hydrogen) atoms. The molecule has 4 aliphatic carbocycles. The number of likely N-dealkylation sites (tertiary alicyclic amines) is 1. The summed E-state index contributed by atoms with van der Waals surface area (Å²) in [5, 5.41) is 0. The van der Waals surface area contributed by atoms with Crippen LogP contribution in [0.25, 0.3) is 0 Å². The van der Waals surface area contributed by atoms with Gasteiger partial charge in [-0.25, -0.2) is 0 Å². The van der Waals surface area contributed by atoms with Crippen LogP contribution in [0.2, 0.25) is 0 Å². The Hall–Kier alpha value is -0.530. The molecular formula is C31H49NO5. The molecule has 7 rings (SSSR count). The van der Waals surface area contributed by atoms with Crippen LogP contribution in [0, 0.1) is 23.2 Å². The summed E-state index contributed by atoms with van der Waals surface area (Å²) in [5.41, 5.74) is -0.462. The fraction of sp³-hybridized carbons (Fsp3) is 0.968. The topological polar surface area (TPSA) is 57.2 Å². The lowest BCUT2D eigenvalue weighted by molar-refractivity contribution is -0.274. The molecule has 3 saturated heterocycles. The Morgan fingerprint density at radius 2 is 1.95 bits per heavy atom. The molecule has 6 nitrogen and oxygen atoms in total. The van der Waals surface area contributed by atoms with Crippen molar-refractivity contribution in [2.24, 2.45) is 23.2 Å². The van der Waals surface area contributed by atoms with Gasteiger partial charge in [0, 0.05) is 50.7 Å². The number of carbonyl (C=O) groups excluding carboxylic acids is 1. The Labute approximate surface area is 223 Å². The van der Waals surface area contributed by atoms with Gasteiger partial charge in [0.1, 0.15) is 6.10 Å². The maximum Gasteiger partial charge on any atom is 0.162 e. The van der Waals surface area contributed by atoms with Crippen molar-refractivity contribution < 1.29 is 23.7 Å². The second-order valence-corrected chi connectivity index (χ2v) is 13.6. The van der Waals surface area contributed by atoms with Crippen molar-refractivity contribution in [2.45, 2.75) is 132 Å². The van der Waals surface area contributed by atoms with Crippen molar-refractivity contribution in [3.05, 3.63) is 0 Å². The van der Waals surface area contributed by atoms with Crippen LogP contribution in [0.1, 0.15) is 96.3 Å². The monoisotopic (exact) mass is 515 g/mol. The SMILES string of the molecule is COC1CCC2CC3N(CC4CCCO4)CC[C@]45C2C1O[C@H]4C(=O)CC[C@@]35OCCCC1CCCCC1. The number of carbonyl (C=O) groups is 1. The zero-order valence-electron chi connectivity index (χ0n) is 23.0. The van der Waals surface area contributed by atoms with Gasteiger partial charge in [0.15, 0.2) is 5.78 Å². The standard InChI is InChI=1S/C31H49NO5/c1-34-25-12-11-22-19-26-31(36-18-5-9-21-7-3-2-4-8-21)14-13-24(33)29-30(31,27(22)28(25)37-29)15-16-32(26)20-23-10-6-17-35-23/h21-23,25-29H,2-20H2,1H3/t22?,23?,25?,26?,27?,28?,29-,30-,31+/m0/s1. The minimum Gasteiger partial charge on any atom is -0.379 e. The van der Waals surface area contributed by atoms with Crippen molar-refractivity contribution in [3.8, 4) is 0 Å². The van der Waals surface area contributed by atoms with Gasteiger partial charge in [-0.2, -0.15) is 0 Å². The normalized spacial score (nSPS) is 47.8. The average molecular weight is 516 g/mol. The predicted molar refractivity (Wildman–Crippen MR) is 140 cm³/mol. The van der Waals surface area contributed by atoms with Gasteiger partial charge in [0.25, 0.3) is 0 Å². The summed E-state index contributed by atoms with van der Waals surface area (Å²) < 4.78 is 26.3. The van der Waals surface area contributed by atoms with E-state index >= 15 is 0 Å². The van der Waals surface area contributed by atoms with Gasteiger partial charge in [-0.3, -0.25) is 9.69 Å². The van der Waals surface area contributed by atoms with E-state index in [4.69, 9.17) is 18.9 Å². The summed E-state index contributed by atoms with van der Waals surface area (Å²) in [6.07, 6.45) is 18.0. The second kappa shape index (κ2) is 10.1. The fourth-order valence-corrected chi connectivity index (χ4v) is 10.7. The molecule has 9 atom stereocenters. The van der Waals surface area contributed by atoms with E-state index in [1.807, 2.05) is 7.11 Å². The lowest BCUT2D eigenvalue weighted by Crippen LogP contribution is -2.78. The van der Waals surface area contributed by atoms with Gasteiger partial charge < -0.3 is 18.9 Å². The van der Waals surface area contributed by atoms with Crippen LogP contribution in [0.5, 0.6) is 0 Å². The fourth-order valence-electron chi connectivity index (χ4n) is 10.7. The maximum atomic E-state index is 13.6. The molecule has 2 bridgehead atoms. The zero-order valence-corrected chi connectivity index (χ0v) is 23.0. The largest absolute Gasteiger partial charge is 0.379 e. The van der Waals surface area contributed by atoms with Crippen molar-refractivity contribution in [1.82, 2.24) is 4.90 Å². The van der Waals surface area contributed by atoms with Gasteiger partial charge in [-0.1, -0.05) is 32.1 Å². The molecule has 0 aromatic heterocycles. The highest BCUT2D eigenvalue weighted by Crippen LogP contribution is 2.70. The van der Waals surface area contributed by atoms with E-state index in [-0.39, 0.29) is 29.3 Å². The van der Waals surface area contributed by atoms with Crippen molar-refractivity contribution >= 4 is 5.78 Å². The van der Waals surface area contributed by atoms with Crippen molar-refractivity contribution in [3.63, 3.8) is 0 Å². The summed E-state index contributed by atoms with van der Waals surface area (Å²) >= 11 is 0. The molecule has 4 saturated carbocycles.